The van der Waals surface area contributed by atoms with Crippen LogP contribution in [-0.4, -0.2) is 13.4 Å². The molecule has 0 spiro atoms. The third-order valence-corrected chi connectivity index (χ3v) is 2.37. The van der Waals surface area contributed by atoms with Crippen LogP contribution in [0.25, 0.3) is 0 Å². The van der Waals surface area contributed by atoms with Crippen LogP contribution in [-0.2, 0) is 0 Å². The Morgan fingerprint density at radius 2 is 1.57 bits per heavy atom. The summed E-state index contributed by atoms with van der Waals surface area (Å²) in [6.45, 7) is 6.72. The third-order valence-electron chi connectivity index (χ3n) is 1.37. The van der Waals surface area contributed by atoms with E-state index >= 15 is 0 Å². The van der Waals surface area contributed by atoms with Gasteiger partial charge in [0.2, 0.25) is 0 Å². The molecule has 2 unspecified atom stereocenters. The van der Waals surface area contributed by atoms with Crippen molar-refractivity contribution in [2.45, 2.75) is 26.3 Å². The minimum absolute atomic E-state index is 0.463. The first-order chi connectivity index (χ1) is 2.94. The normalized spacial score (nSPS) is 16.6. The van der Waals surface area contributed by atoms with Gasteiger partial charge in [-0.25, -0.2) is 0 Å². The van der Waals surface area contributed by atoms with E-state index in [1.54, 1.807) is 0 Å². The summed E-state index contributed by atoms with van der Waals surface area (Å²) in [4.78, 5) is 0. The maximum absolute atomic E-state index is 2.80. The molecular formula is C5H14BP. The predicted molar refractivity (Wildman–Crippen MR) is 41.5 cm³/mol. The Morgan fingerprint density at radius 3 is 1.57 bits per heavy atom. The van der Waals surface area contributed by atoms with Gasteiger partial charge in [-0.2, -0.15) is 0 Å². The molecule has 0 rings (SSSR count). The van der Waals surface area contributed by atoms with Crippen LogP contribution in [0.15, 0.2) is 0 Å². The molecule has 0 aliphatic carbocycles. The van der Waals surface area contributed by atoms with Crippen molar-refractivity contribution in [1.29, 1.82) is 0 Å². The van der Waals surface area contributed by atoms with E-state index in [2.05, 4.69) is 37.9 Å². The van der Waals surface area contributed by atoms with E-state index in [-0.39, 0.29) is 0 Å². The summed E-state index contributed by atoms with van der Waals surface area (Å²) in [5, 5.41) is 0. The van der Waals surface area contributed by atoms with Crippen molar-refractivity contribution in [1.82, 2.24) is 0 Å². The molecule has 0 amide bonds. The average Bonchev–Trinajstić information content (AvgIpc) is 1.31. The van der Waals surface area contributed by atoms with Crippen LogP contribution in [0.1, 0.15) is 20.8 Å². The smallest absolute Gasteiger partial charge is 0.111 e. The molecule has 0 aliphatic heterocycles. The zero-order valence-corrected chi connectivity index (χ0v) is 6.81. The van der Waals surface area contributed by atoms with Gasteiger partial charge in [-0.3, -0.25) is 0 Å². The maximum atomic E-state index is 2.80. The fourth-order valence-corrected chi connectivity index (χ4v) is 0. The summed E-state index contributed by atoms with van der Waals surface area (Å²) in [5.41, 5.74) is 1.18. The number of hydrogen-bond donors (Lipinski definition) is 0. The predicted octanol–water partition coefficient (Wildman–Crippen LogP) is 0.867. The fourth-order valence-electron chi connectivity index (χ4n) is 0. The largest absolute Gasteiger partial charge is 0.142 e. The van der Waals surface area contributed by atoms with Crippen LogP contribution < -0.4 is 0 Å². The minimum Gasteiger partial charge on any atom is -0.142 e. The zero-order valence-electron chi connectivity index (χ0n) is 5.65. The molecule has 0 aromatic heterocycles. The van der Waals surface area contributed by atoms with Crippen molar-refractivity contribution in [2.24, 2.45) is 5.41 Å². The van der Waals surface area contributed by atoms with E-state index in [9.17, 15) is 0 Å². The Bertz CT molecular complexity index is 53.6. The van der Waals surface area contributed by atoms with Crippen molar-refractivity contribution in [3.63, 3.8) is 0 Å². The second-order valence-corrected chi connectivity index (χ2v) is 4.15. The maximum Gasteiger partial charge on any atom is 0.111 e. The summed E-state index contributed by atoms with van der Waals surface area (Å²) in [6, 6.07) is 0. The quantitative estimate of drug-likeness (QED) is 0.325. The molecule has 0 heterocycles. The highest BCUT2D eigenvalue weighted by Gasteiger charge is 2.13. The van der Waals surface area contributed by atoms with Gasteiger partial charge in [-0.15, -0.1) is 9.24 Å². The summed E-state index contributed by atoms with van der Waals surface area (Å²) in [7, 11) is 5.02. The van der Waals surface area contributed by atoms with Crippen LogP contribution in [0.4, 0.5) is 0 Å². The van der Waals surface area contributed by atoms with Gasteiger partial charge < -0.3 is 0 Å². The van der Waals surface area contributed by atoms with Crippen LogP contribution in [0.2, 0.25) is 0 Å². The lowest BCUT2D eigenvalue weighted by Crippen LogP contribution is -2.19. The van der Waals surface area contributed by atoms with Crippen molar-refractivity contribution >= 4 is 17.1 Å². The van der Waals surface area contributed by atoms with E-state index in [4.69, 9.17) is 0 Å². The molecule has 42 valence electrons. The highest BCUT2D eigenvalue weighted by Crippen LogP contribution is 2.22. The molecule has 7 heavy (non-hydrogen) atoms. The average molecular weight is 116 g/mol. The van der Waals surface area contributed by atoms with Gasteiger partial charge in [0.05, 0.1) is 0 Å². The molecule has 0 radical (unpaired) electrons. The lowest BCUT2D eigenvalue weighted by molar-refractivity contribution is 0.454. The molecule has 0 aromatic carbocycles. The van der Waals surface area contributed by atoms with E-state index in [1.165, 1.54) is 0 Å². The molecule has 0 saturated carbocycles. The Labute approximate surface area is 49.7 Å². The molecule has 0 nitrogen and oxygen atoms in total. The lowest BCUT2D eigenvalue weighted by atomic mass is 9.80. The van der Waals surface area contributed by atoms with Gasteiger partial charge in [-0.05, 0) is 5.41 Å². The molecule has 2 heteroatoms. The van der Waals surface area contributed by atoms with Gasteiger partial charge in [0.25, 0.3) is 0 Å². The zero-order chi connectivity index (χ0) is 6.08. The first-order valence-corrected chi connectivity index (χ1v) is 3.37. The Balaban J connectivity index is 3.54. The highest BCUT2D eigenvalue weighted by molar-refractivity contribution is 7.20. The number of rotatable bonds is 0. The van der Waals surface area contributed by atoms with Crippen molar-refractivity contribution < 1.29 is 0 Å². The lowest BCUT2D eigenvalue weighted by Gasteiger charge is -2.22. The molecule has 0 aliphatic rings. The number of hydrogen-bond acceptors (Lipinski definition) is 0. The van der Waals surface area contributed by atoms with Gasteiger partial charge >= 0.3 is 0 Å². The van der Waals surface area contributed by atoms with Gasteiger partial charge in [-0.1, -0.05) is 26.3 Å². The first kappa shape index (κ1) is 7.49. The van der Waals surface area contributed by atoms with Crippen LogP contribution in [0.5, 0.6) is 0 Å². The molecular weight excluding hydrogens is 102 g/mol. The topological polar surface area (TPSA) is 0 Å². The SMILES string of the molecule is BC(P)C(C)(C)C. The summed E-state index contributed by atoms with van der Waals surface area (Å²) in [6.07, 6.45) is 0. The van der Waals surface area contributed by atoms with Crippen LogP contribution >= 0.6 is 9.24 Å². The van der Waals surface area contributed by atoms with Gasteiger partial charge in [0.1, 0.15) is 7.85 Å². The molecule has 0 fully saturated rings. The molecule has 0 N–H and O–H groups in total. The Morgan fingerprint density at radius 1 is 1.43 bits per heavy atom. The second-order valence-electron chi connectivity index (χ2n) is 3.15. The summed E-state index contributed by atoms with van der Waals surface area (Å²) in [5.74, 6) is 0. The van der Waals surface area contributed by atoms with E-state index in [0.717, 1.165) is 0 Å². The Kier molecular flexibility index (Phi) is 2.33. The van der Waals surface area contributed by atoms with Crippen LogP contribution in [0.3, 0.4) is 0 Å². The molecule has 0 saturated heterocycles. The van der Waals surface area contributed by atoms with E-state index in [0.29, 0.717) is 11.0 Å². The molecule has 2 atom stereocenters. The van der Waals surface area contributed by atoms with Crippen LogP contribution in [0, 0.1) is 5.41 Å². The highest BCUT2D eigenvalue weighted by atomic mass is 31.0. The van der Waals surface area contributed by atoms with Crippen molar-refractivity contribution in [2.75, 3.05) is 0 Å². The standard InChI is InChI=1S/C5H14BP/c1-5(2,3)4(6)7/h4H,6-7H2,1-3H3. The van der Waals surface area contributed by atoms with Gasteiger partial charge in [0, 0.05) is 0 Å². The summed E-state index contributed by atoms with van der Waals surface area (Å²) < 4.78 is 0. The van der Waals surface area contributed by atoms with Gasteiger partial charge in [0.15, 0.2) is 0 Å². The van der Waals surface area contributed by atoms with Crippen molar-refractivity contribution in [3.8, 4) is 0 Å². The fraction of sp³-hybridized carbons (Fsp3) is 1.00. The minimum atomic E-state index is 0.463. The van der Waals surface area contributed by atoms with E-state index < -0.39 is 0 Å². The monoisotopic (exact) mass is 116 g/mol. The van der Waals surface area contributed by atoms with Crippen molar-refractivity contribution in [3.05, 3.63) is 0 Å². The molecule has 0 aromatic rings. The summed E-state index contributed by atoms with van der Waals surface area (Å²) >= 11 is 0. The molecule has 0 bridgehead atoms. The second kappa shape index (κ2) is 2.18. The third kappa shape index (κ3) is 3.11. The van der Waals surface area contributed by atoms with E-state index in [1.807, 2.05) is 0 Å². The first-order valence-electron chi connectivity index (χ1n) is 2.70. The Hall–Kier alpha value is 0.495.